The lowest BCUT2D eigenvalue weighted by Gasteiger charge is -2.15. The Bertz CT molecular complexity index is 617. The van der Waals surface area contributed by atoms with Gasteiger partial charge in [0.05, 0.1) is 6.61 Å². The summed E-state index contributed by atoms with van der Waals surface area (Å²) >= 11 is 0. The maximum Gasteiger partial charge on any atom is 0.306 e. The number of aliphatic hydroxyl groups is 1. The number of hydrogen-bond acceptors (Lipinski definition) is 5. The summed E-state index contributed by atoms with van der Waals surface area (Å²) in [6, 6.07) is 0. The Labute approximate surface area is 267 Å². The molecular formula is C38H72O5. The van der Waals surface area contributed by atoms with E-state index in [-0.39, 0.29) is 25.2 Å². The lowest BCUT2D eigenvalue weighted by atomic mass is 10.0. The van der Waals surface area contributed by atoms with Crippen LogP contribution in [-0.2, 0) is 19.1 Å². The van der Waals surface area contributed by atoms with Crippen LogP contribution in [0.1, 0.15) is 200 Å². The fraction of sp³-hybridized carbons (Fsp3) is 0.895. The van der Waals surface area contributed by atoms with Gasteiger partial charge in [-0.25, -0.2) is 0 Å². The molecule has 1 N–H and O–H groups in total. The first kappa shape index (κ1) is 41.6. The normalized spacial score (nSPS) is 12.2. The van der Waals surface area contributed by atoms with Gasteiger partial charge >= 0.3 is 11.9 Å². The summed E-state index contributed by atoms with van der Waals surface area (Å²) in [5.74, 6) is -0.588. The predicted octanol–water partition coefficient (Wildman–Crippen LogP) is 11.3. The quantitative estimate of drug-likeness (QED) is 0.0447. The van der Waals surface area contributed by atoms with E-state index in [1.54, 1.807) is 0 Å². The van der Waals surface area contributed by atoms with E-state index >= 15 is 0 Å². The zero-order chi connectivity index (χ0) is 31.5. The van der Waals surface area contributed by atoms with Crippen LogP contribution in [0.25, 0.3) is 0 Å². The van der Waals surface area contributed by atoms with Crippen molar-refractivity contribution in [2.45, 2.75) is 206 Å². The monoisotopic (exact) mass is 609 g/mol. The van der Waals surface area contributed by atoms with E-state index in [1.165, 1.54) is 135 Å². The average molecular weight is 609 g/mol. The molecule has 5 nitrogen and oxygen atoms in total. The lowest BCUT2D eigenvalue weighted by molar-refractivity contribution is -0.161. The van der Waals surface area contributed by atoms with E-state index in [9.17, 15) is 14.7 Å². The van der Waals surface area contributed by atoms with Crippen LogP contribution >= 0.6 is 0 Å². The maximum atomic E-state index is 12.1. The Morgan fingerprint density at radius 2 is 0.860 bits per heavy atom. The molecule has 0 aliphatic rings. The maximum absolute atomic E-state index is 12.1. The summed E-state index contributed by atoms with van der Waals surface area (Å²) in [6.45, 7) is 4.13. The molecule has 0 heterocycles. The third-order valence-electron chi connectivity index (χ3n) is 8.31. The van der Waals surface area contributed by atoms with Gasteiger partial charge in [0.1, 0.15) is 6.61 Å². The first-order valence-corrected chi connectivity index (χ1v) is 18.7. The number of hydrogen-bond donors (Lipinski definition) is 1. The smallest absolute Gasteiger partial charge is 0.306 e. The number of allylic oxidation sites excluding steroid dienone is 2. The SMILES string of the molecule is CCCCCCCCC=CCCCCCCCCCC(=O)OC[C@H](CO)OC(=O)CCCCCCCCCCCCCC. The molecular weight excluding hydrogens is 536 g/mol. The molecule has 5 heteroatoms. The molecule has 0 rings (SSSR count). The van der Waals surface area contributed by atoms with Crippen molar-refractivity contribution in [3.05, 3.63) is 12.2 Å². The van der Waals surface area contributed by atoms with Crippen LogP contribution < -0.4 is 0 Å². The fourth-order valence-electron chi connectivity index (χ4n) is 5.43. The van der Waals surface area contributed by atoms with Gasteiger partial charge in [-0.3, -0.25) is 9.59 Å². The van der Waals surface area contributed by atoms with Gasteiger partial charge in [-0.1, -0.05) is 161 Å². The van der Waals surface area contributed by atoms with Crippen LogP contribution in [-0.4, -0.2) is 36.4 Å². The minimum absolute atomic E-state index is 0.0626. The Morgan fingerprint density at radius 3 is 1.26 bits per heavy atom. The van der Waals surface area contributed by atoms with Gasteiger partial charge in [-0.15, -0.1) is 0 Å². The molecule has 0 aromatic carbocycles. The summed E-state index contributed by atoms with van der Waals surface area (Å²) < 4.78 is 10.6. The Hall–Kier alpha value is -1.36. The number of carbonyl (C=O) groups excluding carboxylic acids is 2. The largest absolute Gasteiger partial charge is 0.462 e. The predicted molar refractivity (Wildman–Crippen MR) is 182 cm³/mol. The van der Waals surface area contributed by atoms with E-state index in [1.807, 2.05) is 0 Å². The first-order chi connectivity index (χ1) is 21.1. The summed E-state index contributed by atoms with van der Waals surface area (Å²) in [5.41, 5.74) is 0. The Kier molecular flexibility index (Phi) is 34.0. The van der Waals surface area contributed by atoms with E-state index in [4.69, 9.17) is 9.47 Å². The highest BCUT2D eigenvalue weighted by Crippen LogP contribution is 2.14. The molecule has 0 amide bonds. The third kappa shape index (κ3) is 33.4. The molecule has 0 aromatic heterocycles. The van der Waals surface area contributed by atoms with Gasteiger partial charge in [-0.2, -0.15) is 0 Å². The van der Waals surface area contributed by atoms with Gasteiger partial charge in [0.25, 0.3) is 0 Å². The number of aliphatic hydroxyl groups excluding tert-OH is 1. The number of unbranched alkanes of at least 4 members (excludes halogenated alkanes) is 24. The summed E-state index contributed by atoms with van der Waals surface area (Å²) in [6.07, 6.45) is 38.4. The first-order valence-electron chi connectivity index (χ1n) is 18.7. The number of rotatable bonds is 34. The zero-order valence-corrected chi connectivity index (χ0v) is 28.7. The molecule has 0 aliphatic heterocycles. The molecule has 0 aromatic rings. The number of esters is 2. The molecule has 0 radical (unpaired) electrons. The molecule has 254 valence electrons. The Balaban J connectivity index is 3.53. The minimum Gasteiger partial charge on any atom is -0.462 e. The van der Waals surface area contributed by atoms with Crippen molar-refractivity contribution in [3.63, 3.8) is 0 Å². The van der Waals surface area contributed by atoms with E-state index < -0.39 is 6.10 Å². The highest BCUT2D eigenvalue weighted by atomic mass is 16.6. The lowest BCUT2D eigenvalue weighted by Crippen LogP contribution is -2.28. The molecule has 0 unspecified atom stereocenters. The highest BCUT2D eigenvalue weighted by Gasteiger charge is 2.16. The standard InChI is InChI=1S/C38H72O5/c1-3-5-7-9-11-13-15-17-18-19-20-21-23-24-26-28-30-32-37(40)42-35-36(34-39)43-38(41)33-31-29-27-25-22-16-14-12-10-8-6-4-2/h17-18,36,39H,3-16,19-35H2,1-2H3/t36-/m0/s1. The third-order valence-corrected chi connectivity index (χ3v) is 8.31. The van der Waals surface area contributed by atoms with Crippen LogP contribution in [0.5, 0.6) is 0 Å². The van der Waals surface area contributed by atoms with Crippen molar-refractivity contribution in [2.75, 3.05) is 13.2 Å². The van der Waals surface area contributed by atoms with Gasteiger partial charge in [0, 0.05) is 12.8 Å². The second-order valence-electron chi connectivity index (χ2n) is 12.7. The molecule has 43 heavy (non-hydrogen) atoms. The zero-order valence-electron chi connectivity index (χ0n) is 28.7. The summed E-state index contributed by atoms with van der Waals surface area (Å²) in [7, 11) is 0. The van der Waals surface area contributed by atoms with Crippen LogP contribution in [0, 0.1) is 0 Å². The van der Waals surface area contributed by atoms with E-state index in [0.29, 0.717) is 12.8 Å². The van der Waals surface area contributed by atoms with Crippen molar-refractivity contribution < 1.29 is 24.2 Å². The molecule has 0 fully saturated rings. The van der Waals surface area contributed by atoms with Gasteiger partial charge in [0.15, 0.2) is 6.10 Å². The molecule has 0 saturated carbocycles. The molecule has 0 spiro atoms. The minimum atomic E-state index is -0.765. The van der Waals surface area contributed by atoms with Crippen molar-refractivity contribution in [1.82, 2.24) is 0 Å². The van der Waals surface area contributed by atoms with Gasteiger partial charge in [0.2, 0.25) is 0 Å². The second kappa shape index (κ2) is 35.1. The van der Waals surface area contributed by atoms with Crippen LogP contribution in [0.15, 0.2) is 12.2 Å². The van der Waals surface area contributed by atoms with Gasteiger partial charge in [-0.05, 0) is 38.5 Å². The van der Waals surface area contributed by atoms with E-state index in [2.05, 4.69) is 26.0 Å². The number of carbonyl (C=O) groups is 2. The summed E-state index contributed by atoms with van der Waals surface area (Å²) in [5, 5.41) is 9.52. The van der Waals surface area contributed by atoms with Crippen molar-refractivity contribution in [2.24, 2.45) is 0 Å². The van der Waals surface area contributed by atoms with E-state index in [0.717, 1.165) is 38.5 Å². The molecule has 0 saturated heterocycles. The molecule has 0 aliphatic carbocycles. The van der Waals surface area contributed by atoms with Crippen molar-refractivity contribution in [1.29, 1.82) is 0 Å². The average Bonchev–Trinajstić information content (AvgIpc) is 3.01. The molecule has 1 atom stereocenters. The van der Waals surface area contributed by atoms with Gasteiger partial charge < -0.3 is 14.6 Å². The fourth-order valence-corrected chi connectivity index (χ4v) is 5.43. The Morgan fingerprint density at radius 1 is 0.512 bits per heavy atom. The van der Waals surface area contributed by atoms with Crippen molar-refractivity contribution >= 4 is 11.9 Å². The highest BCUT2D eigenvalue weighted by molar-refractivity contribution is 5.70. The van der Waals surface area contributed by atoms with Crippen LogP contribution in [0.3, 0.4) is 0 Å². The summed E-state index contributed by atoms with van der Waals surface area (Å²) in [4.78, 5) is 24.2. The number of ether oxygens (including phenoxy) is 2. The van der Waals surface area contributed by atoms with Crippen molar-refractivity contribution in [3.8, 4) is 0 Å². The topological polar surface area (TPSA) is 72.8 Å². The van der Waals surface area contributed by atoms with Crippen LogP contribution in [0.2, 0.25) is 0 Å². The molecule has 0 bridgehead atoms. The van der Waals surface area contributed by atoms with Crippen LogP contribution in [0.4, 0.5) is 0 Å². The second-order valence-corrected chi connectivity index (χ2v) is 12.7.